The molecule has 0 N–H and O–H groups in total. The fourth-order valence-corrected chi connectivity index (χ4v) is 2.23. The van der Waals surface area contributed by atoms with Gasteiger partial charge in [-0.15, -0.1) is 0 Å². The summed E-state index contributed by atoms with van der Waals surface area (Å²) in [5, 5.41) is 1.80. The SMILES string of the molecule is COc1c(Cl)c(Cl)c2ncccc2c1Cl. The number of nitrogens with zero attached hydrogens (tertiary/aromatic N) is 1. The molecule has 0 bridgehead atoms. The van der Waals surface area contributed by atoms with Crippen LogP contribution in [0.4, 0.5) is 0 Å². The Labute approximate surface area is 102 Å². The summed E-state index contributed by atoms with van der Waals surface area (Å²) in [6, 6.07) is 3.59. The van der Waals surface area contributed by atoms with Crippen LogP contribution in [0, 0.1) is 0 Å². The first-order chi connectivity index (χ1) is 7.16. The smallest absolute Gasteiger partial charge is 0.158 e. The molecular formula is C10H6Cl3NO. The van der Waals surface area contributed by atoms with E-state index in [-0.39, 0.29) is 5.02 Å². The summed E-state index contributed by atoms with van der Waals surface area (Å²) in [4.78, 5) is 4.12. The maximum Gasteiger partial charge on any atom is 0.158 e. The van der Waals surface area contributed by atoms with Crippen LogP contribution in [0.25, 0.3) is 10.9 Å². The minimum absolute atomic E-state index is 0.287. The van der Waals surface area contributed by atoms with E-state index in [4.69, 9.17) is 39.5 Å². The predicted molar refractivity (Wildman–Crippen MR) is 63.3 cm³/mol. The summed E-state index contributed by atoms with van der Waals surface area (Å²) in [7, 11) is 1.49. The lowest BCUT2D eigenvalue weighted by molar-refractivity contribution is 0.416. The number of ether oxygens (including phenoxy) is 1. The van der Waals surface area contributed by atoms with Gasteiger partial charge in [0.2, 0.25) is 0 Å². The van der Waals surface area contributed by atoms with Crippen LogP contribution in [0.1, 0.15) is 0 Å². The highest BCUT2D eigenvalue weighted by Gasteiger charge is 2.16. The summed E-state index contributed by atoms with van der Waals surface area (Å²) >= 11 is 18.2. The second-order valence-corrected chi connectivity index (χ2v) is 4.01. The number of pyridine rings is 1. The van der Waals surface area contributed by atoms with Gasteiger partial charge in [0, 0.05) is 11.6 Å². The van der Waals surface area contributed by atoms with E-state index in [0.29, 0.717) is 21.3 Å². The molecule has 0 atom stereocenters. The van der Waals surface area contributed by atoms with E-state index in [0.717, 1.165) is 5.39 Å². The normalized spacial score (nSPS) is 10.7. The van der Waals surface area contributed by atoms with Gasteiger partial charge in [0.1, 0.15) is 5.02 Å². The highest BCUT2D eigenvalue weighted by atomic mass is 35.5. The summed E-state index contributed by atoms with van der Waals surface area (Å²) in [5.74, 6) is 0.379. The molecule has 0 fully saturated rings. The number of aromatic nitrogens is 1. The van der Waals surface area contributed by atoms with Crippen molar-refractivity contribution in [3.05, 3.63) is 33.4 Å². The first kappa shape index (κ1) is 10.8. The Hall–Kier alpha value is -0.700. The van der Waals surface area contributed by atoms with Gasteiger partial charge in [0.25, 0.3) is 0 Å². The standard InChI is InChI=1S/C10H6Cl3NO/c1-15-10-6(11)5-3-2-4-14-9(5)7(12)8(10)13/h2-4H,1H3. The van der Waals surface area contributed by atoms with E-state index in [1.54, 1.807) is 12.3 Å². The number of hydrogen-bond acceptors (Lipinski definition) is 2. The zero-order valence-corrected chi connectivity index (χ0v) is 9.99. The van der Waals surface area contributed by atoms with Crippen molar-refractivity contribution < 1.29 is 4.74 Å². The van der Waals surface area contributed by atoms with Gasteiger partial charge in [-0.25, -0.2) is 0 Å². The lowest BCUT2D eigenvalue weighted by atomic mass is 10.2. The number of methoxy groups -OCH3 is 1. The van der Waals surface area contributed by atoms with Crippen LogP contribution < -0.4 is 4.74 Å². The molecule has 1 aromatic heterocycles. The van der Waals surface area contributed by atoms with Crippen molar-refractivity contribution in [2.45, 2.75) is 0 Å². The number of benzene rings is 1. The van der Waals surface area contributed by atoms with E-state index in [1.807, 2.05) is 6.07 Å². The molecule has 2 nitrogen and oxygen atoms in total. The Kier molecular flexibility index (Phi) is 2.91. The molecule has 15 heavy (non-hydrogen) atoms. The molecule has 0 aliphatic carbocycles. The third kappa shape index (κ3) is 1.63. The third-order valence-electron chi connectivity index (χ3n) is 2.05. The number of halogens is 3. The van der Waals surface area contributed by atoms with Crippen LogP contribution in [-0.4, -0.2) is 12.1 Å². The van der Waals surface area contributed by atoms with Crippen LogP contribution in [0.3, 0.4) is 0 Å². The Balaban J connectivity index is 2.96. The highest BCUT2D eigenvalue weighted by molar-refractivity contribution is 6.49. The summed E-state index contributed by atoms with van der Waals surface area (Å²) in [6.07, 6.45) is 1.63. The van der Waals surface area contributed by atoms with Gasteiger partial charge < -0.3 is 4.74 Å². The average Bonchev–Trinajstić information content (AvgIpc) is 2.27. The molecule has 2 aromatic rings. The molecule has 0 unspecified atom stereocenters. The molecule has 5 heteroatoms. The second-order valence-electron chi connectivity index (χ2n) is 2.87. The van der Waals surface area contributed by atoms with Gasteiger partial charge in [-0.2, -0.15) is 0 Å². The lowest BCUT2D eigenvalue weighted by Crippen LogP contribution is -1.90. The molecule has 0 aliphatic rings. The van der Waals surface area contributed by atoms with Crippen LogP contribution in [-0.2, 0) is 0 Å². The van der Waals surface area contributed by atoms with Crippen molar-refractivity contribution in [2.75, 3.05) is 7.11 Å². The fraction of sp³-hybridized carbons (Fsp3) is 0.100. The predicted octanol–water partition coefficient (Wildman–Crippen LogP) is 4.20. The zero-order chi connectivity index (χ0) is 11.0. The quantitative estimate of drug-likeness (QED) is 0.719. The van der Waals surface area contributed by atoms with E-state index < -0.39 is 0 Å². The van der Waals surface area contributed by atoms with Gasteiger partial charge in [0.05, 0.1) is 22.7 Å². The minimum atomic E-state index is 0.287. The first-order valence-corrected chi connectivity index (χ1v) is 5.25. The average molecular weight is 263 g/mol. The number of hydrogen-bond donors (Lipinski definition) is 0. The third-order valence-corrected chi connectivity index (χ3v) is 3.25. The van der Waals surface area contributed by atoms with Crippen molar-refractivity contribution in [1.82, 2.24) is 4.98 Å². The maximum atomic E-state index is 6.11. The van der Waals surface area contributed by atoms with E-state index in [2.05, 4.69) is 4.98 Å². The Morgan fingerprint density at radius 3 is 2.53 bits per heavy atom. The van der Waals surface area contributed by atoms with Gasteiger partial charge in [0.15, 0.2) is 5.75 Å². The molecule has 0 aliphatic heterocycles. The Morgan fingerprint density at radius 1 is 1.13 bits per heavy atom. The van der Waals surface area contributed by atoms with Crippen molar-refractivity contribution in [3.63, 3.8) is 0 Å². The van der Waals surface area contributed by atoms with Crippen LogP contribution in [0.2, 0.25) is 15.1 Å². The zero-order valence-electron chi connectivity index (χ0n) is 7.72. The molecule has 0 amide bonds. The molecule has 78 valence electrons. The fourth-order valence-electron chi connectivity index (χ4n) is 1.36. The van der Waals surface area contributed by atoms with Gasteiger partial charge in [-0.1, -0.05) is 34.8 Å². The second kappa shape index (κ2) is 4.05. The molecule has 0 spiro atoms. The van der Waals surface area contributed by atoms with Crippen molar-refractivity contribution in [3.8, 4) is 5.75 Å². The molecule has 1 aromatic carbocycles. The van der Waals surface area contributed by atoms with Crippen molar-refractivity contribution in [1.29, 1.82) is 0 Å². The molecule has 2 rings (SSSR count). The highest BCUT2D eigenvalue weighted by Crippen LogP contribution is 2.43. The van der Waals surface area contributed by atoms with Crippen LogP contribution >= 0.6 is 34.8 Å². The minimum Gasteiger partial charge on any atom is -0.494 e. The maximum absolute atomic E-state index is 6.11. The van der Waals surface area contributed by atoms with E-state index in [9.17, 15) is 0 Å². The number of rotatable bonds is 1. The van der Waals surface area contributed by atoms with Crippen molar-refractivity contribution in [2.24, 2.45) is 0 Å². The van der Waals surface area contributed by atoms with Crippen molar-refractivity contribution >= 4 is 45.7 Å². The molecule has 0 saturated heterocycles. The van der Waals surface area contributed by atoms with Gasteiger partial charge in [-0.3, -0.25) is 4.98 Å². The van der Waals surface area contributed by atoms with Gasteiger partial charge >= 0.3 is 0 Å². The Bertz CT molecular complexity index is 528. The molecule has 0 saturated carbocycles. The summed E-state index contributed by atoms with van der Waals surface area (Å²) < 4.78 is 5.09. The lowest BCUT2D eigenvalue weighted by Gasteiger charge is -2.10. The largest absolute Gasteiger partial charge is 0.494 e. The van der Waals surface area contributed by atoms with Crippen LogP contribution in [0.5, 0.6) is 5.75 Å². The van der Waals surface area contributed by atoms with Crippen LogP contribution in [0.15, 0.2) is 18.3 Å². The first-order valence-electron chi connectivity index (χ1n) is 4.12. The summed E-state index contributed by atoms with van der Waals surface area (Å²) in [5.41, 5.74) is 0.579. The topological polar surface area (TPSA) is 22.1 Å². The molecule has 1 heterocycles. The molecule has 0 radical (unpaired) electrons. The Morgan fingerprint density at radius 2 is 1.87 bits per heavy atom. The summed E-state index contributed by atoms with van der Waals surface area (Å²) in [6.45, 7) is 0. The van der Waals surface area contributed by atoms with E-state index >= 15 is 0 Å². The monoisotopic (exact) mass is 261 g/mol. The van der Waals surface area contributed by atoms with Gasteiger partial charge in [-0.05, 0) is 12.1 Å². The number of fused-ring (bicyclic) bond motifs is 1. The molecular weight excluding hydrogens is 256 g/mol. The van der Waals surface area contributed by atoms with E-state index in [1.165, 1.54) is 7.11 Å².